The Bertz CT molecular complexity index is 863. The number of carboxylic acid groups (broad SMARTS) is 1. The number of rotatable bonds is 6. The van der Waals surface area contributed by atoms with Gasteiger partial charge in [-0.15, -0.1) is 0 Å². The minimum Gasteiger partial charge on any atom is -0.477 e. The number of anilines is 2. The molecule has 3 rings (SSSR count). The van der Waals surface area contributed by atoms with Crippen LogP contribution in [0.15, 0.2) is 42.6 Å². The van der Waals surface area contributed by atoms with E-state index >= 15 is 0 Å². The monoisotopic (exact) mass is 384 g/mol. The van der Waals surface area contributed by atoms with Crippen molar-refractivity contribution in [2.24, 2.45) is 0 Å². The van der Waals surface area contributed by atoms with Crippen LogP contribution in [0.25, 0.3) is 0 Å². The normalized spacial score (nSPS) is 15.6. The van der Waals surface area contributed by atoms with Gasteiger partial charge in [-0.05, 0) is 49.2 Å². The van der Waals surface area contributed by atoms with Crippen molar-refractivity contribution in [1.29, 1.82) is 0 Å². The van der Waals surface area contributed by atoms with E-state index in [0.717, 1.165) is 19.4 Å². The third-order valence-electron chi connectivity index (χ3n) is 4.16. The molecule has 1 atom stereocenters. The first-order valence-corrected chi connectivity index (χ1v) is 8.78. The molecule has 0 radical (unpaired) electrons. The molecular weight excluding hydrogens is 364 g/mol. The SMILES string of the molecule is O=C(NCC1CCCO1)Nc1ccc(NC(=O)c2ccnc(C(=O)O)c2)cc1. The predicted octanol–water partition coefficient (Wildman–Crippen LogP) is 2.33. The summed E-state index contributed by atoms with van der Waals surface area (Å²) in [5, 5.41) is 17.1. The molecule has 0 aliphatic carbocycles. The lowest BCUT2D eigenvalue weighted by Crippen LogP contribution is -2.35. The summed E-state index contributed by atoms with van der Waals surface area (Å²) < 4.78 is 5.44. The number of hydrogen-bond acceptors (Lipinski definition) is 5. The molecule has 1 aromatic carbocycles. The Morgan fingerprint density at radius 2 is 1.82 bits per heavy atom. The number of benzene rings is 1. The van der Waals surface area contributed by atoms with E-state index in [-0.39, 0.29) is 23.4 Å². The standard InChI is InChI=1S/C19H20N4O5/c24-17(12-7-8-20-16(10-12)18(25)26)22-13-3-5-14(6-4-13)23-19(27)21-11-15-2-1-9-28-15/h3-8,10,15H,1-2,9,11H2,(H,22,24)(H,25,26)(H2,21,23,27). The Hall–Kier alpha value is -3.46. The zero-order valence-corrected chi connectivity index (χ0v) is 15.0. The average Bonchev–Trinajstić information content (AvgIpc) is 3.21. The molecule has 3 amide bonds. The van der Waals surface area contributed by atoms with Gasteiger partial charge in [0.2, 0.25) is 0 Å². The van der Waals surface area contributed by atoms with E-state index in [1.807, 2.05) is 0 Å². The van der Waals surface area contributed by atoms with Crippen molar-refractivity contribution in [3.63, 3.8) is 0 Å². The van der Waals surface area contributed by atoms with Crippen molar-refractivity contribution in [2.75, 3.05) is 23.8 Å². The number of amides is 3. The number of carbonyl (C=O) groups excluding carboxylic acids is 2. The van der Waals surface area contributed by atoms with Crippen LogP contribution in [-0.4, -0.2) is 47.3 Å². The van der Waals surface area contributed by atoms with E-state index in [4.69, 9.17) is 9.84 Å². The molecule has 0 bridgehead atoms. The highest BCUT2D eigenvalue weighted by molar-refractivity contribution is 6.05. The third kappa shape index (κ3) is 5.27. The van der Waals surface area contributed by atoms with Crippen LogP contribution in [0.2, 0.25) is 0 Å². The molecular formula is C19H20N4O5. The van der Waals surface area contributed by atoms with Crippen LogP contribution in [0, 0.1) is 0 Å². The summed E-state index contributed by atoms with van der Waals surface area (Å²) in [4.78, 5) is 38.8. The van der Waals surface area contributed by atoms with Gasteiger partial charge in [-0.1, -0.05) is 0 Å². The smallest absolute Gasteiger partial charge is 0.354 e. The number of nitrogens with zero attached hydrogens (tertiary/aromatic N) is 1. The van der Waals surface area contributed by atoms with Gasteiger partial charge in [0.1, 0.15) is 5.69 Å². The van der Waals surface area contributed by atoms with Crippen LogP contribution < -0.4 is 16.0 Å². The van der Waals surface area contributed by atoms with Gasteiger partial charge in [0.25, 0.3) is 5.91 Å². The molecule has 1 aromatic heterocycles. The van der Waals surface area contributed by atoms with Gasteiger partial charge >= 0.3 is 12.0 Å². The molecule has 9 nitrogen and oxygen atoms in total. The molecule has 0 saturated carbocycles. The molecule has 1 aliphatic heterocycles. The quantitative estimate of drug-likeness (QED) is 0.605. The van der Waals surface area contributed by atoms with E-state index in [0.29, 0.717) is 17.9 Å². The summed E-state index contributed by atoms with van der Waals surface area (Å²) in [6.45, 7) is 1.20. The van der Waals surface area contributed by atoms with Gasteiger partial charge in [-0.25, -0.2) is 14.6 Å². The molecule has 0 spiro atoms. The zero-order chi connectivity index (χ0) is 19.9. The van der Waals surface area contributed by atoms with Crippen LogP contribution in [0.5, 0.6) is 0 Å². The van der Waals surface area contributed by atoms with Gasteiger partial charge in [-0.2, -0.15) is 0 Å². The molecule has 1 aliphatic rings. The summed E-state index contributed by atoms with van der Waals surface area (Å²) in [7, 11) is 0. The molecule has 4 N–H and O–H groups in total. The summed E-state index contributed by atoms with van der Waals surface area (Å²) in [6.07, 6.45) is 3.29. The lowest BCUT2D eigenvalue weighted by molar-refractivity contribution is 0.0690. The lowest BCUT2D eigenvalue weighted by Gasteiger charge is -2.12. The van der Waals surface area contributed by atoms with Crippen LogP contribution >= 0.6 is 0 Å². The van der Waals surface area contributed by atoms with Gasteiger partial charge in [0, 0.05) is 36.3 Å². The van der Waals surface area contributed by atoms with Crippen LogP contribution in [0.4, 0.5) is 16.2 Å². The molecule has 2 heterocycles. The Kier molecular flexibility index (Phi) is 6.18. The molecule has 146 valence electrons. The van der Waals surface area contributed by atoms with Crippen molar-refractivity contribution >= 4 is 29.3 Å². The van der Waals surface area contributed by atoms with Crippen LogP contribution in [0.1, 0.15) is 33.7 Å². The van der Waals surface area contributed by atoms with Crippen molar-refractivity contribution in [3.05, 3.63) is 53.9 Å². The number of aromatic nitrogens is 1. The maximum absolute atomic E-state index is 12.2. The second-order valence-corrected chi connectivity index (χ2v) is 6.24. The highest BCUT2D eigenvalue weighted by Crippen LogP contribution is 2.15. The van der Waals surface area contributed by atoms with Gasteiger partial charge in [-0.3, -0.25) is 4.79 Å². The zero-order valence-electron chi connectivity index (χ0n) is 15.0. The molecule has 1 saturated heterocycles. The van der Waals surface area contributed by atoms with Crippen molar-refractivity contribution in [1.82, 2.24) is 10.3 Å². The molecule has 28 heavy (non-hydrogen) atoms. The van der Waals surface area contributed by atoms with Gasteiger partial charge < -0.3 is 25.8 Å². The van der Waals surface area contributed by atoms with Crippen LogP contribution in [-0.2, 0) is 4.74 Å². The maximum Gasteiger partial charge on any atom is 0.354 e. The second kappa shape index (κ2) is 8.96. The number of pyridine rings is 1. The fraction of sp³-hybridized carbons (Fsp3) is 0.263. The Morgan fingerprint density at radius 1 is 1.11 bits per heavy atom. The van der Waals surface area contributed by atoms with E-state index in [1.165, 1.54) is 18.3 Å². The predicted molar refractivity (Wildman–Crippen MR) is 102 cm³/mol. The summed E-state index contributed by atoms with van der Waals surface area (Å²) in [5.41, 5.74) is 1.05. The van der Waals surface area contributed by atoms with Gasteiger partial charge in [0.05, 0.1) is 6.10 Å². The molecule has 1 unspecified atom stereocenters. The highest BCUT2D eigenvalue weighted by Gasteiger charge is 2.16. The van der Waals surface area contributed by atoms with E-state index in [1.54, 1.807) is 24.3 Å². The van der Waals surface area contributed by atoms with Crippen molar-refractivity contribution < 1.29 is 24.2 Å². The number of nitrogens with one attached hydrogen (secondary N) is 3. The van der Waals surface area contributed by atoms with Gasteiger partial charge in [0.15, 0.2) is 0 Å². The number of aromatic carboxylic acids is 1. The highest BCUT2D eigenvalue weighted by atomic mass is 16.5. The van der Waals surface area contributed by atoms with E-state index in [9.17, 15) is 14.4 Å². The largest absolute Gasteiger partial charge is 0.477 e. The molecule has 9 heteroatoms. The first kappa shape index (κ1) is 19.3. The topological polar surface area (TPSA) is 130 Å². The number of carbonyl (C=O) groups is 3. The third-order valence-corrected chi connectivity index (χ3v) is 4.16. The minimum absolute atomic E-state index is 0.0677. The first-order valence-electron chi connectivity index (χ1n) is 8.78. The summed E-state index contributed by atoms with van der Waals surface area (Å²) in [6, 6.07) is 8.86. The fourth-order valence-electron chi connectivity index (χ4n) is 2.72. The number of ether oxygens (including phenoxy) is 1. The van der Waals surface area contributed by atoms with E-state index in [2.05, 4.69) is 20.9 Å². The molecule has 2 aromatic rings. The summed E-state index contributed by atoms with van der Waals surface area (Å²) >= 11 is 0. The van der Waals surface area contributed by atoms with Crippen molar-refractivity contribution in [2.45, 2.75) is 18.9 Å². The van der Waals surface area contributed by atoms with E-state index < -0.39 is 11.9 Å². The van der Waals surface area contributed by atoms with Crippen molar-refractivity contribution in [3.8, 4) is 0 Å². The number of carboxylic acids is 1. The first-order chi connectivity index (χ1) is 13.5. The van der Waals surface area contributed by atoms with Crippen LogP contribution in [0.3, 0.4) is 0 Å². The lowest BCUT2D eigenvalue weighted by atomic mass is 10.2. The Morgan fingerprint density at radius 3 is 2.46 bits per heavy atom. The summed E-state index contributed by atoms with van der Waals surface area (Å²) in [5.74, 6) is -1.66. The average molecular weight is 384 g/mol. The number of hydrogen-bond donors (Lipinski definition) is 4. The number of urea groups is 1. The maximum atomic E-state index is 12.2. The molecule has 1 fully saturated rings. The Labute approximate surface area is 161 Å². The fourth-order valence-corrected chi connectivity index (χ4v) is 2.72. The minimum atomic E-state index is -1.21. The Balaban J connectivity index is 1.52. The second-order valence-electron chi connectivity index (χ2n) is 6.24.